The first-order chi connectivity index (χ1) is 9.70. The molecule has 20 heavy (non-hydrogen) atoms. The molecule has 0 saturated heterocycles. The van der Waals surface area contributed by atoms with Gasteiger partial charge in [-0.1, -0.05) is 36.6 Å². The Hall–Kier alpha value is -2.24. The number of hydrogen-bond acceptors (Lipinski definition) is 3. The summed E-state index contributed by atoms with van der Waals surface area (Å²) >= 11 is 0. The molecule has 1 aromatic rings. The van der Waals surface area contributed by atoms with E-state index in [0.29, 0.717) is 11.3 Å². The fourth-order valence-corrected chi connectivity index (χ4v) is 2.46. The normalized spacial score (nSPS) is 16.7. The van der Waals surface area contributed by atoms with E-state index in [9.17, 15) is 4.79 Å². The molecule has 1 aliphatic rings. The lowest BCUT2D eigenvalue weighted by atomic mass is 9.96. The lowest BCUT2D eigenvalue weighted by molar-refractivity contribution is 0.244. The highest BCUT2D eigenvalue weighted by Crippen LogP contribution is 2.18. The smallest absolute Gasteiger partial charge is 0.319 e. The number of amides is 2. The van der Waals surface area contributed by atoms with Crippen LogP contribution in [0.2, 0.25) is 0 Å². The summed E-state index contributed by atoms with van der Waals surface area (Å²) < 4.78 is 0. The topological polar surface area (TPSA) is 99.7 Å². The average molecular weight is 276 g/mol. The van der Waals surface area contributed by atoms with Crippen LogP contribution in [-0.2, 0) is 0 Å². The van der Waals surface area contributed by atoms with Crippen LogP contribution in [0.1, 0.15) is 37.7 Å². The molecule has 0 spiro atoms. The van der Waals surface area contributed by atoms with Crippen molar-refractivity contribution >= 4 is 17.6 Å². The lowest BCUT2D eigenvalue weighted by Gasteiger charge is -2.23. The zero-order valence-electron chi connectivity index (χ0n) is 11.3. The van der Waals surface area contributed by atoms with Gasteiger partial charge in [-0.05, 0) is 25.0 Å². The molecule has 0 radical (unpaired) electrons. The van der Waals surface area contributed by atoms with Crippen LogP contribution in [-0.4, -0.2) is 23.1 Å². The number of anilines is 1. The van der Waals surface area contributed by atoms with E-state index in [1.165, 1.54) is 6.42 Å². The largest absolute Gasteiger partial charge is 0.409 e. The van der Waals surface area contributed by atoms with Crippen molar-refractivity contribution in [2.24, 2.45) is 10.9 Å². The van der Waals surface area contributed by atoms with E-state index in [-0.39, 0.29) is 17.9 Å². The number of urea groups is 1. The van der Waals surface area contributed by atoms with Gasteiger partial charge >= 0.3 is 6.03 Å². The molecule has 1 saturated carbocycles. The summed E-state index contributed by atoms with van der Waals surface area (Å²) in [6.07, 6.45) is 5.61. The first kappa shape index (κ1) is 14.2. The lowest BCUT2D eigenvalue weighted by Crippen LogP contribution is -2.39. The van der Waals surface area contributed by atoms with Crippen molar-refractivity contribution in [1.82, 2.24) is 5.32 Å². The zero-order valence-corrected chi connectivity index (χ0v) is 11.3. The van der Waals surface area contributed by atoms with Gasteiger partial charge in [0.15, 0.2) is 5.84 Å². The van der Waals surface area contributed by atoms with Gasteiger partial charge in [0.2, 0.25) is 0 Å². The van der Waals surface area contributed by atoms with Crippen molar-refractivity contribution in [3.8, 4) is 0 Å². The molecule has 0 bridgehead atoms. The van der Waals surface area contributed by atoms with Gasteiger partial charge in [-0.3, -0.25) is 0 Å². The number of oxime groups is 1. The minimum absolute atomic E-state index is 0.0291. The summed E-state index contributed by atoms with van der Waals surface area (Å²) in [5.41, 5.74) is 6.60. The summed E-state index contributed by atoms with van der Waals surface area (Å²) in [6.45, 7) is 0. The molecule has 1 fully saturated rings. The summed E-state index contributed by atoms with van der Waals surface area (Å²) in [4.78, 5) is 12.0. The highest BCUT2D eigenvalue weighted by Gasteiger charge is 2.16. The van der Waals surface area contributed by atoms with Gasteiger partial charge in [0.1, 0.15) is 0 Å². The predicted molar refractivity (Wildman–Crippen MR) is 78.0 cm³/mol. The fraction of sp³-hybridized carbons (Fsp3) is 0.429. The number of nitrogens with one attached hydrogen (secondary N) is 2. The third-order valence-corrected chi connectivity index (χ3v) is 3.50. The first-order valence-corrected chi connectivity index (χ1v) is 6.85. The van der Waals surface area contributed by atoms with Crippen LogP contribution in [0.3, 0.4) is 0 Å². The number of para-hydroxylation sites is 1. The van der Waals surface area contributed by atoms with Crippen molar-refractivity contribution in [2.45, 2.75) is 38.1 Å². The van der Waals surface area contributed by atoms with Gasteiger partial charge < -0.3 is 21.6 Å². The summed E-state index contributed by atoms with van der Waals surface area (Å²) in [6, 6.07) is 6.93. The maximum atomic E-state index is 12.0. The molecular weight excluding hydrogens is 256 g/mol. The second kappa shape index (κ2) is 6.79. The standard InChI is InChI=1S/C14H20N4O2/c15-13(18-20)11-8-4-5-9-12(11)17-14(19)16-10-6-2-1-3-7-10/h4-5,8-10,20H,1-3,6-7H2,(H2,15,18)(H2,16,17,19). The Morgan fingerprint density at radius 1 is 1.25 bits per heavy atom. The monoisotopic (exact) mass is 276 g/mol. The highest BCUT2D eigenvalue weighted by molar-refractivity contribution is 6.05. The van der Waals surface area contributed by atoms with E-state index in [1.54, 1.807) is 24.3 Å². The molecule has 0 atom stereocenters. The molecular formula is C14H20N4O2. The molecule has 5 N–H and O–H groups in total. The van der Waals surface area contributed by atoms with Crippen molar-refractivity contribution < 1.29 is 10.0 Å². The molecule has 6 heteroatoms. The summed E-state index contributed by atoms with van der Waals surface area (Å²) in [5, 5.41) is 17.4. The van der Waals surface area contributed by atoms with Gasteiger partial charge in [-0.15, -0.1) is 0 Å². The maximum absolute atomic E-state index is 12.0. The summed E-state index contributed by atoms with van der Waals surface area (Å²) in [5.74, 6) is -0.0291. The Bertz CT molecular complexity index is 496. The molecule has 1 aliphatic carbocycles. The maximum Gasteiger partial charge on any atom is 0.319 e. The first-order valence-electron chi connectivity index (χ1n) is 6.85. The van der Waals surface area contributed by atoms with Crippen LogP contribution in [0.5, 0.6) is 0 Å². The van der Waals surface area contributed by atoms with Crippen molar-refractivity contribution in [1.29, 1.82) is 0 Å². The van der Waals surface area contributed by atoms with Crippen LogP contribution in [0.4, 0.5) is 10.5 Å². The van der Waals surface area contributed by atoms with Crippen LogP contribution in [0.25, 0.3) is 0 Å². The number of carbonyl (C=O) groups excluding carboxylic acids is 1. The molecule has 6 nitrogen and oxygen atoms in total. The molecule has 2 rings (SSSR count). The third-order valence-electron chi connectivity index (χ3n) is 3.50. The van der Waals surface area contributed by atoms with E-state index < -0.39 is 0 Å². The van der Waals surface area contributed by atoms with Gasteiger partial charge in [0.05, 0.1) is 5.69 Å². The minimum Gasteiger partial charge on any atom is -0.409 e. The minimum atomic E-state index is -0.255. The van der Waals surface area contributed by atoms with E-state index in [4.69, 9.17) is 10.9 Å². The molecule has 0 aromatic heterocycles. The molecule has 0 unspecified atom stereocenters. The van der Waals surface area contributed by atoms with E-state index in [2.05, 4.69) is 15.8 Å². The number of benzene rings is 1. The zero-order chi connectivity index (χ0) is 14.4. The van der Waals surface area contributed by atoms with E-state index >= 15 is 0 Å². The Morgan fingerprint density at radius 2 is 1.95 bits per heavy atom. The molecule has 0 heterocycles. The van der Waals surface area contributed by atoms with Crippen LogP contribution < -0.4 is 16.4 Å². The van der Waals surface area contributed by atoms with Gasteiger partial charge in [0, 0.05) is 11.6 Å². The number of amidine groups is 1. The predicted octanol–water partition coefficient (Wildman–Crippen LogP) is 2.24. The number of carbonyl (C=O) groups is 1. The second-order valence-corrected chi connectivity index (χ2v) is 4.96. The Balaban J connectivity index is 2.00. The van der Waals surface area contributed by atoms with Gasteiger partial charge in [0.25, 0.3) is 0 Å². The fourth-order valence-electron chi connectivity index (χ4n) is 2.46. The average Bonchev–Trinajstić information content (AvgIpc) is 2.48. The van der Waals surface area contributed by atoms with Crippen LogP contribution in [0, 0.1) is 0 Å². The van der Waals surface area contributed by atoms with Crippen molar-refractivity contribution in [3.05, 3.63) is 29.8 Å². The molecule has 0 aliphatic heterocycles. The number of nitrogens with zero attached hydrogens (tertiary/aromatic N) is 1. The highest BCUT2D eigenvalue weighted by atomic mass is 16.4. The van der Waals surface area contributed by atoms with Gasteiger partial charge in [-0.25, -0.2) is 4.79 Å². The van der Waals surface area contributed by atoms with Crippen molar-refractivity contribution in [2.75, 3.05) is 5.32 Å². The quantitative estimate of drug-likeness (QED) is 0.295. The third kappa shape index (κ3) is 3.63. The Kier molecular flexibility index (Phi) is 4.81. The van der Waals surface area contributed by atoms with Gasteiger partial charge in [-0.2, -0.15) is 0 Å². The number of rotatable bonds is 3. The molecule has 108 valence electrons. The molecule has 1 aromatic carbocycles. The van der Waals surface area contributed by atoms with E-state index in [1.807, 2.05) is 0 Å². The van der Waals surface area contributed by atoms with E-state index in [0.717, 1.165) is 25.7 Å². The Labute approximate surface area is 118 Å². The molecule has 2 amide bonds. The van der Waals surface area contributed by atoms with Crippen LogP contribution in [0.15, 0.2) is 29.4 Å². The number of hydrogen-bond donors (Lipinski definition) is 4. The Morgan fingerprint density at radius 3 is 2.65 bits per heavy atom. The van der Waals surface area contributed by atoms with Crippen LogP contribution >= 0.6 is 0 Å². The van der Waals surface area contributed by atoms with Crippen molar-refractivity contribution in [3.63, 3.8) is 0 Å². The summed E-state index contributed by atoms with van der Waals surface area (Å²) in [7, 11) is 0. The second-order valence-electron chi connectivity index (χ2n) is 4.96. The SMILES string of the molecule is N/C(=N/O)c1ccccc1NC(=O)NC1CCCCC1. The number of nitrogens with two attached hydrogens (primary N) is 1.